The Morgan fingerprint density at radius 2 is 1.63 bits per heavy atom. The highest BCUT2D eigenvalue weighted by molar-refractivity contribution is 7.91. The van der Waals surface area contributed by atoms with Crippen molar-refractivity contribution in [1.29, 1.82) is 0 Å². The summed E-state index contributed by atoms with van der Waals surface area (Å²) in [7, 11) is -3.75. The third kappa shape index (κ3) is 5.11. The summed E-state index contributed by atoms with van der Waals surface area (Å²) >= 11 is 5.94. The molecule has 4 nitrogen and oxygen atoms in total. The fourth-order valence-electron chi connectivity index (χ4n) is 3.43. The molecule has 27 heavy (non-hydrogen) atoms. The van der Waals surface area contributed by atoms with Crippen LogP contribution in [0.4, 0.5) is 0 Å². The van der Waals surface area contributed by atoms with Gasteiger partial charge < -0.3 is 4.74 Å². The van der Waals surface area contributed by atoms with Gasteiger partial charge in [0.05, 0.1) is 11.3 Å². The highest BCUT2D eigenvalue weighted by Gasteiger charge is 2.32. The maximum Gasteiger partial charge on any atom is 0.307 e. The van der Waals surface area contributed by atoms with Crippen LogP contribution in [0.15, 0.2) is 59.5 Å². The molecule has 0 N–H and O–H groups in total. The van der Waals surface area contributed by atoms with E-state index in [1.165, 1.54) is 0 Å². The zero-order valence-corrected chi connectivity index (χ0v) is 16.6. The molecule has 2 aromatic rings. The van der Waals surface area contributed by atoms with Gasteiger partial charge in [-0.25, -0.2) is 8.42 Å². The minimum Gasteiger partial charge on any atom is -0.462 e. The SMILES string of the molecule is O=C(CC(c1ccc(Cl)cc1)S(=O)(=O)c1ccccc1)OC1CCCCC1. The molecule has 1 aliphatic rings. The molecule has 0 saturated heterocycles. The first-order valence-electron chi connectivity index (χ1n) is 9.21. The Labute approximate surface area is 165 Å². The summed E-state index contributed by atoms with van der Waals surface area (Å²) in [4.78, 5) is 12.7. The van der Waals surface area contributed by atoms with Gasteiger partial charge in [-0.1, -0.05) is 48.4 Å². The van der Waals surface area contributed by atoms with Crippen molar-refractivity contribution >= 4 is 27.4 Å². The van der Waals surface area contributed by atoms with E-state index in [0.717, 1.165) is 32.1 Å². The van der Waals surface area contributed by atoms with Gasteiger partial charge in [-0.05, 0) is 55.5 Å². The predicted molar refractivity (Wildman–Crippen MR) is 105 cm³/mol. The number of halogens is 1. The molecule has 2 aromatic carbocycles. The van der Waals surface area contributed by atoms with Crippen molar-refractivity contribution in [3.05, 3.63) is 65.2 Å². The summed E-state index contributed by atoms with van der Waals surface area (Å²) in [6.45, 7) is 0. The highest BCUT2D eigenvalue weighted by atomic mass is 35.5. The lowest BCUT2D eigenvalue weighted by atomic mass is 9.98. The van der Waals surface area contributed by atoms with Gasteiger partial charge in [0.1, 0.15) is 11.4 Å². The summed E-state index contributed by atoms with van der Waals surface area (Å²) in [6.07, 6.45) is 4.63. The van der Waals surface area contributed by atoms with Gasteiger partial charge in [0.15, 0.2) is 9.84 Å². The number of carbonyl (C=O) groups excluding carboxylic acids is 1. The number of hydrogen-bond acceptors (Lipinski definition) is 4. The summed E-state index contributed by atoms with van der Waals surface area (Å²) < 4.78 is 32.0. The van der Waals surface area contributed by atoms with Crippen LogP contribution in [-0.2, 0) is 19.4 Å². The monoisotopic (exact) mass is 406 g/mol. The Balaban J connectivity index is 1.86. The Bertz CT molecular complexity index is 857. The lowest BCUT2D eigenvalue weighted by Gasteiger charge is -2.23. The average Bonchev–Trinajstić information content (AvgIpc) is 2.68. The number of benzene rings is 2. The molecular weight excluding hydrogens is 384 g/mol. The smallest absolute Gasteiger partial charge is 0.307 e. The van der Waals surface area contributed by atoms with Crippen molar-refractivity contribution in [1.82, 2.24) is 0 Å². The molecule has 0 bridgehead atoms. The normalized spacial score (nSPS) is 16.6. The standard InChI is InChI=1S/C21H23ClO4S/c22-17-13-11-16(12-14-17)20(27(24,25)19-9-5-2-6-10-19)15-21(23)26-18-7-3-1-4-8-18/h2,5-6,9-14,18,20H,1,3-4,7-8,15H2. The molecule has 1 saturated carbocycles. The van der Waals surface area contributed by atoms with Crippen LogP contribution in [0.2, 0.25) is 5.02 Å². The third-order valence-corrected chi connectivity index (χ3v) is 7.26. The zero-order valence-electron chi connectivity index (χ0n) is 15.0. The molecule has 1 unspecified atom stereocenters. The molecule has 1 fully saturated rings. The molecule has 1 aliphatic carbocycles. The Morgan fingerprint density at radius 3 is 2.26 bits per heavy atom. The van der Waals surface area contributed by atoms with E-state index in [0.29, 0.717) is 10.6 Å². The first-order chi connectivity index (χ1) is 13.0. The van der Waals surface area contributed by atoms with Gasteiger partial charge in [-0.2, -0.15) is 0 Å². The lowest BCUT2D eigenvalue weighted by molar-refractivity contribution is -0.150. The first-order valence-corrected chi connectivity index (χ1v) is 11.1. The first kappa shape index (κ1) is 19.9. The van der Waals surface area contributed by atoms with Gasteiger partial charge in [-0.15, -0.1) is 0 Å². The topological polar surface area (TPSA) is 60.4 Å². The molecular formula is C21H23ClO4S. The average molecular weight is 407 g/mol. The van der Waals surface area contributed by atoms with E-state index in [2.05, 4.69) is 0 Å². The summed E-state index contributed by atoms with van der Waals surface area (Å²) in [5, 5.41) is -0.493. The molecule has 144 valence electrons. The van der Waals surface area contributed by atoms with Gasteiger partial charge >= 0.3 is 5.97 Å². The van der Waals surface area contributed by atoms with Gasteiger partial charge in [0.25, 0.3) is 0 Å². The number of esters is 1. The summed E-state index contributed by atoms with van der Waals surface area (Å²) in [5.41, 5.74) is 0.531. The van der Waals surface area contributed by atoms with E-state index >= 15 is 0 Å². The quantitative estimate of drug-likeness (QED) is 0.624. The molecule has 0 amide bonds. The fourth-order valence-corrected chi connectivity index (χ4v) is 5.29. The second-order valence-electron chi connectivity index (χ2n) is 6.85. The predicted octanol–water partition coefficient (Wildman–Crippen LogP) is 5.12. The molecule has 0 heterocycles. The Morgan fingerprint density at radius 1 is 1.00 bits per heavy atom. The minimum atomic E-state index is -3.75. The number of ether oxygens (including phenoxy) is 1. The van der Waals surface area contributed by atoms with Crippen LogP contribution >= 0.6 is 11.6 Å². The van der Waals surface area contributed by atoms with E-state index in [-0.39, 0.29) is 17.4 Å². The van der Waals surface area contributed by atoms with Gasteiger partial charge in [0, 0.05) is 5.02 Å². The molecule has 0 aromatic heterocycles. The van der Waals surface area contributed by atoms with E-state index < -0.39 is 21.1 Å². The molecule has 0 radical (unpaired) electrons. The molecule has 0 aliphatic heterocycles. The maximum atomic E-state index is 13.2. The summed E-state index contributed by atoms with van der Waals surface area (Å²) in [5.74, 6) is -0.471. The zero-order chi connectivity index (χ0) is 19.3. The van der Waals surface area contributed by atoms with E-state index in [9.17, 15) is 13.2 Å². The van der Waals surface area contributed by atoms with Crippen LogP contribution in [0.3, 0.4) is 0 Å². The molecule has 6 heteroatoms. The molecule has 3 rings (SSSR count). The van der Waals surface area contributed by atoms with Crippen molar-refractivity contribution in [3.8, 4) is 0 Å². The van der Waals surface area contributed by atoms with Crippen LogP contribution in [0.5, 0.6) is 0 Å². The third-order valence-electron chi connectivity index (χ3n) is 4.89. The maximum absolute atomic E-state index is 13.2. The number of carbonyl (C=O) groups is 1. The minimum absolute atomic E-state index is 0.100. The largest absolute Gasteiger partial charge is 0.462 e. The molecule has 1 atom stereocenters. The number of sulfone groups is 1. The highest BCUT2D eigenvalue weighted by Crippen LogP contribution is 2.33. The van der Waals surface area contributed by atoms with Crippen LogP contribution in [0.1, 0.15) is 49.3 Å². The van der Waals surface area contributed by atoms with Crippen molar-refractivity contribution < 1.29 is 17.9 Å². The van der Waals surface area contributed by atoms with Gasteiger partial charge in [0.2, 0.25) is 0 Å². The van der Waals surface area contributed by atoms with Crippen LogP contribution < -0.4 is 0 Å². The fraction of sp³-hybridized carbons (Fsp3) is 0.381. The number of hydrogen-bond donors (Lipinski definition) is 0. The van der Waals surface area contributed by atoms with Crippen molar-refractivity contribution in [3.63, 3.8) is 0 Å². The van der Waals surface area contributed by atoms with Crippen molar-refractivity contribution in [2.45, 2.75) is 54.8 Å². The second kappa shape index (κ2) is 8.89. The van der Waals surface area contributed by atoms with Crippen molar-refractivity contribution in [2.75, 3.05) is 0 Å². The van der Waals surface area contributed by atoms with Gasteiger partial charge in [-0.3, -0.25) is 4.79 Å². The van der Waals surface area contributed by atoms with E-state index in [1.807, 2.05) is 0 Å². The Hall–Kier alpha value is -1.85. The summed E-state index contributed by atoms with van der Waals surface area (Å²) in [6, 6.07) is 14.8. The van der Waals surface area contributed by atoms with Crippen molar-refractivity contribution in [2.24, 2.45) is 0 Å². The van der Waals surface area contributed by atoms with Crippen LogP contribution in [0.25, 0.3) is 0 Å². The Kier molecular flexibility index (Phi) is 6.55. The van der Waals surface area contributed by atoms with Crippen LogP contribution in [-0.4, -0.2) is 20.5 Å². The van der Waals surface area contributed by atoms with E-state index in [1.54, 1.807) is 54.6 Å². The number of rotatable bonds is 6. The molecule has 0 spiro atoms. The van der Waals surface area contributed by atoms with Crippen LogP contribution in [0, 0.1) is 0 Å². The van der Waals surface area contributed by atoms with E-state index in [4.69, 9.17) is 16.3 Å². The second-order valence-corrected chi connectivity index (χ2v) is 9.42. The lowest BCUT2D eigenvalue weighted by Crippen LogP contribution is -2.24.